The molecule has 7 nitrogen and oxygen atoms in total. The van der Waals surface area contributed by atoms with Gasteiger partial charge in [-0.25, -0.2) is 14.8 Å². The second-order valence-corrected chi connectivity index (χ2v) is 6.92. The molecule has 0 spiro atoms. The number of esters is 1. The Balaban J connectivity index is 1.70. The van der Waals surface area contributed by atoms with Crippen molar-refractivity contribution >= 4 is 11.9 Å². The van der Waals surface area contributed by atoms with E-state index in [2.05, 4.69) is 39.3 Å². The Bertz CT molecular complexity index is 1160. The molecule has 0 fully saturated rings. The van der Waals surface area contributed by atoms with Crippen LogP contribution in [0.4, 0.5) is 5.95 Å². The summed E-state index contributed by atoms with van der Waals surface area (Å²) in [6.07, 6.45) is 3.33. The molecular formula is C24H23N5O2. The average Bonchev–Trinajstić information content (AvgIpc) is 3.26. The predicted octanol–water partition coefficient (Wildman–Crippen LogP) is 4.68. The summed E-state index contributed by atoms with van der Waals surface area (Å²) in [6.45, 7) is 4.10. The molecule has 2 aromatic carbocycles. The lowest BCUT2D eigenvalue weighted by Gasteiger charge is -2.15. The van der Waals surface area contributed by atoms with Crippen LogP contribution in [0.15, 0.2) is 79.1 Å². The fourth-order valence-electron chi connectivity index (χ4n) is 3.22. The maximum absolute atomic E-state index is 12.3. The Labute approximate surface area is 180 Å². The van der Waals surface area contributed by atoms with Crippen molar-refractivity contribution in [2.45, 2.75) is 19.9 Å². The van der Waals surface area contributed by atoms with Crippen LogP contribution >= 0.6 is 0 Å². The molecule has 4 rings (SSSR count). The van der Waals surface area contributed by atoms with E-state index in [1.54, 1.807) is 30.0 Å². The van der Waals surface area contributed by atoms with E-state index in [0.717, 1.165) is 11.1 Å². The van der Waals surface area contributed by atoms with Gasteiger partial charge in [0.2, 0.25) is 5.95 Å². The third-order valence-corrected chi connectivity index (χ3v) is 4.76. The molecule has 0 amide bonds. The smallest absolute Gasteiger partial charge is 0.358 e. The Kier molecular flexibility index (Phi) is 6.03. The van der Waals surface area contributed by atoms with Gasteiger partial charge in [0, 0.05) is 18.0 Å². The number of nitrogens with zero attached hydrogens (tertiary/aromatic N) is 4. The Morgan fingerprint density at radius 3 is 2.45 bits per heavy atom. The molecule has 1 N–H and O–H groups in total. The van der Waals surface area contributed by atoms with E-state index < -0.39 is 5.97 Å². The number of benzene rings is 2. The number of rotatable bonds is 7. The zero-order chi connectivity index (χ0) is 21.6. The molecule has 156 valence electrons. The first-order valence-corrected chi connectivity index (χ1v) is 10.1. The normalized spacial score (nSPS) is 11.7. The van der Waals surface area contributed by atoms with E-state index in [0.29, 0.717) is 17.6 Å². The summed E-state index contributed by atoms with van der Waals surface area (Å²) in [4.78, 5) is 25.8. The third-order valence-electron chi connectivity index (χ3n) is 4.76. The van der Waals surface area contributed by atoms with Crippen molar-refractivity contribution < 1.29 is 9.53 Å². The van der Waals surface area contributed by atoms with Crippen molar-refractivity contribution in [1.82, 2.24) is 19.5 Å². The third kappa shape index (κ3) is 4.61. The Morgan fingerprint density at radius 2 is 1.74 bits per heavy atom. The zero-order valence-electron chi connectivity index (χ0n) is 17.4. The van der Waals surface area contributed by atoms with Crippen LogP contribution in [0.1, 0.15) is 35.9 Å². The largest absolute Gasteiger partial charge is 0.461 e. The number of ether oxygens (including phenoxy) is 1. The van der Waals surface area contributed by atoms with E-state index >= 15 is 0 Å². The summed E-state index contributed by atoms with van der Waals surface area (Å²) in [5.41, 5.74) is 2.23. The topological polar surface area (TPSA) is 81.9 Å². The minimum Gasteiger partial charge on any atom is -0.461 e. The summed E-state index contributed by atoms with van der Waals surface area (Å²) in [5.74, 6) is 1.21. The lowest BCUT2D eigenvalue weighted by molar-refractivity contribution is 0.0520. The van der Waals surface area contributed by atoms with Gasteiger partial charge in [-0.15, -0.1) is 0 Å². The van der Waals surface area contributed by atoms with E-state index in [9.17, 15) is 4.79 Å². The first kappa shape index (κ1) is 20.3. The van der Waals surface area contributed by atoms with Crippen LogP contribution in [0.25, 0.3) is 17.2 Å². The van der Waals surface area contributed by atoms with Gasteiger partial charge in [0.05, 0.1) is 12.6 Å². The van der Waals surface area contributed by atoms with Crippen molar-refractivity contribution in [3.05, 3.63) is 90.4 Å². The van der Waals surface area contributed by atoms with Crippen molar-refractivity contribution in [3.8, 4) is 17.2 Å². The fraction of sp³-hybridized carbons (Fsp3) is 0.167. The predicted molar refractivity (Wildman–Crippen MR) is 119 cm³/mol. The van der Waals surface area contributed by atoms with Gasteiger partial charge in [-0.1, -0.05) is 60.7 Å². The summed E-state index contributed by atoms with van der Waals surface area (Å²) in [7, 11) is 0. The first-order valence-electron chi connectivity index (χ1n) is 10.1. The molecule has 0 radical (unpaired) electrons. The van der Waals surface area contributed by atoms with E-state index in [1.807, 2.05) is 48.5 Å². The molecule has 7 heteroatoms. The van der Waals surface area contributed by atoms with Crippen LogP contribution in [-0.2, 0) is 4.74 Å². The minimum atomic E-state index is -0.469. The van der Waals surface area contributed by atoms with Crippen LogP contribution in [-0.4, -0.2) is 32.1 Å². The van der Waals surface area contributed by atoms with Gasteiger partial charge < -0.3 is 10.1 Å². The van der Waals surface area contributed by atoms with Crippen LogP contribution < -0.4 is 5.32 Å². The molecule has 0 unspecified atom stereocenters. The van der Waals surface area contributed by atoms with Crippen LogP contribution in [0, 0.1) is 0 Å². The zero-order valence-corrected chi connectivity index (χ0v) is 17.4. The maximum Gasteiger partial charge on any atom is 0.358 e. The van der Waals surface area contributed by atoms with Gasteiger partial charge in [0.15, 0.2) is 5.69 Å². The minimum absolute atomic E-state index is 0.0305. The second-order valence-electron chi connectivity index (χ2n) is 6.92. The highest BCUT2D eigenvalue weighted by Gasteiger charge is 2.18. The monoisotopic (exact) mass is 413 g/mol. The van der Waals surface area contributed by atoms with Gasteiger partial charge in [0.25, 0.3) is 0 Å². The number of hydrogen-bond donors (Lipinski definition) is 1. The van der Waals surface area contributed by atoms with Crippen molar-refractivity contribution in [2.75, 3.05) is 11.9 Å². The molecule has 2 aromatic heterocycles. The number of carbonyl (C=O) groups excluding carboxylic acids is 1. The highest BCUT2D eigenvalue weighted by atomic mass is 16.5. The number of imidazole rings is 1. The number of aromatic nitrogens is 4. The van der Waals surface area contributed by atoms with Gasteiger partial charge in [-0.2, -0.15) is 4.98 Å². The van der Waals surface area contributed by atoms with Gasteiger partial charge in [0.1, 0.15) is 11.6 Å². The summed E-state index contributed by atoms with van der Waals surface area (Å²) in [6, 6.07) is 21.5. The van der Waals surface area contributed by atoms with E-state index in [1.165, 1.54) is 0 Å². The van der Waals surface area contributed by atoms with Gasteiger partial charge in [-0.05, 0) is 25.5 Å². The number of hydrogen-bond acceptors (Lipinski definition) is 6. The number of nitrogens with one attached hydrogen (secondary N) is 1. The lowest BCUT2D eigenvalue weighted by atomic mass is 10.1. The number of carbonyl (C=O) groups is 1. The van der Waals surface area contributed by atoms with E-state index in [-0.39, 0.29) is 18.3 Å². The van der Waals surface area contributed by atoms with Crippen molar-refractivity contribution in [1.29, 1.82) is 0 Å². The SMILES string of the molecule is CCOC(=O)c1cn(-c2ccnc(N[C@@H](C)c3ccccc3)n2)c(-c2ccccc2)n1. The quantitative estimate of drug-likeness (QED) is 0.443. The molecular weight excluding hydrogens is 390 g/mol. The summed E-state index contributed by atoms with van der Waals surface area (Å²) < 4.78 is 6.91. The standard InChI is InChI=1S/C24H23N5O2/c1-3-31-23(30)20-16-29(22(27-20)19-12-8-5-9-13-19)21-14-15-25-24(28-21)26-17(2)18-10-6-4-7-11-18/h4-17H,3H2,1-2H3,(H,25,26,28)/t17-/m0/s1. The molecule has 2 heterocycles. The summed E-state index contributed by atoms with van der Waals surface area (Å²) >= 11 is 0. The highest BCUT2D eigenvalue weighted by molar-refractivity contribution is 5.88. The molecule has 31 heavy (non-hydrogen) atoms. The number of anilines is 1. The molecule has 0 aliphatic heterocycles. The molecule has 0 saturated heterocycles. The maximum atomic E-state index is 12.3. The first-order chi connectivity index (χ1) is 15.2. The van der Waals surface area contributed by atoms with Crippen molar-refractivity contribution in [2.24, 2.45) is 0 Å². The molecule has 0 bridgehead atoms. The Hall–Kier alpha value is -4.00. The van der Waals surface area contributed by atoms with Crippen LogP contribution in [0.3, 0.4) is 0 Å². The molecule has 0 saturated carbocycles. The van der Waals surface area contributed by atoms with Crippen LogP contribution in [0.5, 0.6) is 0 Å². The van der Waals surface area contributed by atoms with Gasteiger partial charge >= 0.3 is 5.97 Å². The van der Waals surface area contributed by atoms with E-state index in [4.69, 9.17) is 4.74 Å². The summed E-state index contributed by atoms with van der Waals surface area (Å²) in [5, 5.41) is 3.33. The molecule has 1 atom stereocenters. The molecule has 0 aliphatic carbocycles. The highest BCUT2D eigenvalue weighted by Crippen LogP contribution is 2.23. The fourth-order valence-corrected chi connectivity index (χ4v) is 3.22. The van der Waals surface area contributed by atoms with Gasteiger partial charge in [-0.3, -0.25) is 4.57 Å². The second kappa shape index (κ2) is 9.21. The Morgan fingerprint density at radius 1 is 1.03 bits per heavy atom. The lowest BCUT2D eigenvalue weighted by Crippen LogP contribution is -2.10. The van der Waals surface area contributed by atoms with Crippen LogP contribution in [0.2, 0.25) is 0 Å². The molecule has 0 aliphatic rings. The average molecular weight is 413 g/mol. The van der Waals surface area contributed by atoms with Crippen molar-refractivity contribution in [3.63, 3.8) is 0 Å². The molecule has 4 aromatic rings.